The minimum atomic E-state index is -1.00. The van der Waals surface area contributed by atoms with Gasteiger partial charge in [0.1, 0.15) is 6.10 Å². The largest absolute Gasteiger partial charge is 0.384 e. The number of hydrogen-bond acceptors (Lipinski definition) is 5. The van der Waals surface area contributed by atoms with Gasteiger partial charge < -0.3 is 20.1 Å². The molecule has 1 atom stereocenters. The summed E-state index contributed by atoms with van der Waals surface area (Å²) in [7, 11) is 0. The van der Waals surface area contributed by atoms with Gasteiger partial charge in [-0.25, -0.2) is 0 Å². The summed E-state index contributed by atoms with van der Waals surface area (Å²) in [5.41, 5.74) is 1.80. The lowest BCUT2D eigenvalue weighted by atomic mass is 9.97. The molecule has 0 bridgehead atoms. The Labute approximate surface area is 153 Å². The number of carbonyl (C=O) groups is 2. The van der Waals surface area contributed by atoms with Crippen LogP contribution >= 0.6 is 0 Å². The Kier molecular flexibility index (Phi) is 6.24. The van der Waals surface area contributed by atoms with Gasteiger partial charge in [0.2, 0.25) is 5.91 Å². The number of amides is 2. The Balaban J connectivity index is 1.53. The van der Waals surface area contributed by atoms with Crippen LogP contribution in [0.1, 0.15) is 22.8 Å². The number of likely N-dealkylation sites (tertiary alicyclic amines) is 1. The second-order valence-corrected chi connectivity index (χ2v) is 7.04. The summed E-state index contributed by atoms with van der Waals surface area (Å²) in [5, 5.41) is 11.9. The topological polar surface area (TPSA) is 82.1 Å². The molecule has 1 aromatic carbocycles. The average Bonchev–Trinajstić information content (AvgIpc) is 2.61. The van der Waals surface area contributed by atoms with Gasteiger partial charge in [-0.15, -0.1) is 0 Å². The first-order chi connectivity index (χ1) is 12.5. The van der Waals surface area contributed by atoms with Crippen LogP contribution in [0.5, 0.6) is 0 Å². The van der Waals surface area contributed by atoms with Crippen LogP contribution in [-0.2, 0) is 16.1 Å². The van der Waals surface area contributed by atoms with Crippen molar-refractivity contribution in [3.8, 4) is 0 Å². The zero-order chi connectivity index (χ0) is 18.5. The van der Waals surface area contributed by atoms with Crippen LogP contribution in [0, 0.1) is 5.92 Å². The standard InChI is InChI=1S/C19H27N3O4/c1-14(23)18(24)20-10-15-11-22(12-15)19(25)17-5-3-2-4-16(17)13-21-6-8-26-9-7-21/h2-5,14-15,23H,6-13H2,1H3,(H,20,24). The number of hydrogen-bond donors (Lipinski definition) is 2. The molecule has 3 rings (SSSR count). The maximum atomic E-state index is 12.8. The van der Waals surface area contributed by atoms with Crippen LogP contribution < -0.4 is 5.32 Å². The minimum Gasteiger partial charge on any atom is -0.384 e. The minimum absolute atomic E-state index is 0.0481. The van der Waals surface area contributed by atoms with Crippen LogP contribution in [0.4, 0.5) is 0 Å². The second kappa shape index (κ2) is 8.62. The molecule has 26 heavy (non-hydrogen) atoms. The molecule has 1 unspecified atom stereocenters. The summed E-state index contributed by atoms with van der Waals surface area (Å²) in [5.74, 6) is -0.0781. The van der Waals surface area contributed by atoms with Crippen molar-refractivity contribution >= 4 is 11.8 Å². The summed E-state index contributed by atoms with van der Waals surface area (Å²) < 4.78 is 5.38. The number of nitrogens with zero attached hydrogens (tertiary/aromatic N) is 2. The van der Waals surface area contributed by atoms with Crippen molar-refractivity contribution in [1.29, 1.82) is 0 Å². The van der Waals surface area contributed by atoms with Gasteiger partial charge in [-0.05, 0) is 18.6 Å². The molecule has 2 N–H and O–H groups in total. The Morgan fingerprint density at radius 3 is 2.65 bits per heavy atom. The van der Waals surface area contributed by atoms with E-state index in [-0.39, 0.29) is 17.7 Å². The molecule has 0 aliphatic carbocycles. The highest BCUT2D eigenvalue weighted by atomic mass is 16.5. The van der Waals surface area contributed by atoms with E-state index in [0.717, 1.165) is 44.0 Å². The predicted molar refractivity (Wildman–Crippen MR) is 96.6 cm³/mol. The molecule has 2 amide bonds. The molecule has 2 aliphatic heterocycles. The first-order valence-corrected chi connectivity index (χ1v) is 9.17. The normalized spacial score (nSPS) is 19.7. The fraction of sp³-hybridized carbons (Fsp3) is 0.579. The highest BCUT2D eigenvalue weighted by Gasteiger charge is 2.32. The van der Waals surface area contributed by atoms with E-state index in [1.54, 1.807) is 0 Å². The van der Waals surface area contributed by atoms with E-state index in [0.29, 0.717) is 19.6 Å². The van der Waals surface area contributed by atoms with Crippen LogP contribution in [0.15, 0.2) is 24.3 Å². The number of aliphatic hydroxyl groups is 1. The third-order valence-corrected chi connectivity index (χ3v) is 4.93. The maximum absolute atomic E-state index is 12.8. The van der Waals surface area contributed by atoms with E-state index in [2.05, 4.69) is 10.2 Å². The molecule has 2 fully saturated rings. The number of benzene rings is 1. The van der Waals surface area contributed by atoms with Crippen LogP contribution in [0.3, 0.4) is 0 Å². The molecule has 2 heterocycles. The first-order valence-electron chi connectivity index (χ1n) is 9.17. The quantitative estimate of drug-likeness (QED) is 0.750. The number of aliphatic hydroxyl groups excluding tert-OH is 1. The lowest BCUT2D eigenvalue weighted by Gasteiger charge is -2.40. The highest BCUT2D eigenvalue weighted by Crippen LogP contribution is 2.21. The molecule has 2 saturated heterocycles. The number of carbonyl (C=O) groups excluding carboxylic acids is 2. The van der Waals surface area contributed by atoms with Gasteiger partial charge >= 0.3 is 0 Å². The molecule has 2 aliphatic rings. The zero-order valence-electron chi connectivity index (χ0n) is 15.2. The van der Waals surface area contributed by atoms with Crippen molar-refractivity contribution in [2.45, 2.75) is 19.6 Å². The van der Waals surface area contributed by atoms with Gasteiger partial charge in [-0.3, -0.25) is 14.5 Å². The number of rotatable bonds is 6. The highest BCUT2D eigenvalue weighted by molar-refractivity contribution is 5.96. The van der Waals surface area contributed by atoms with Crippen molar-refractivity contribution in [2.75, 3.05) is 45.9 Å². The van der Waals surface area contributed by atoms with Crippen molar-refractivity contribution in [3.05, 3.63) is 35.4 Å². The van der Waals surface area contributed by atoms with Crippen molar-refractivity contribution in [3.63, 3.8) is 0 Å². The molecule has 0 spiro atoms. The van der Waals surface area contributed by atoms with E-state index < -0.39 is 6.10 Å². The van der Waals surface area contributed by atoms with Gasteiger partial charge in [0, 0.05) is 50.7 Å². The van der Waals surface area contributed by atoms with E-state index in [1.807, 2.05) is 29.2 Å². The molecule has 0 radical (unpaired) electrons. The number of ether oxygens (including phenoxy) is 1. The number of nitrogens with one attached hydrogen (secondary N) is 1. The summed E-state index contributed by atoms with van der Waals surface area (Å²) in [6, 6.07) is 7.77. The Morgan fingerprint density at radius 2 is 1.96 bits per heavy atom. The maximum Gasteiger partial charge on any atom is 0.254 e. The second-order valence-electron chi connectivity index (χ2n) is 7.04. The van der Waals surface area contributed by atoms with E-state index in [1.165, 1.54) is 6.92 Å². The molecule has 0 saturated carbocycles. The molecular weight excluding hydrogens is 334 g/mol. The molecular formula is C19H27N3O4. The van der Waals surface area contributed by atoms with Crippen molar-refractivity contribution in [2.24, 2.45) is 5.92 Å². The Morgan fingerprint density at radius 1 is 1.27 bits per heavy atom. The third kappa shape index (κ3) is 4.60. The number of morpholine rings is 1. The Hall–Kier alpha value is -1.96. The fourth-order valence-electron chi connectivity index (χ4n) is 3.29. The summed E-state index contributed by atoms with van der Waals surface area (Å²) >= 11 is 0. The van der Waals surface area contributed by atoms with Gasteiger partial charge in [0.25, 0.3) is 5.91 Å². The smallest absolute Gasteiger partial charge is 0.254 e. The average molecular weight is 361 g/mol. The molecule has 7 nitrogen and oxygen atoms in total. The fourth-order valence-corrected chi connectivity index (χ4v) is 3.29. The lowest BCUT2D eigenvalue weighted by Crippen LogP contribution is -2.54. The van der Waals surface area contributed by atoms with Gasteiger partial charge in [-0.2, -0.15) is 0 Å². The van der Waals surface area contributed by atoms with Gasteiger partial charge in [0.05, 0.1) is 13.2 Å². The third-order valence-electron chi connectivity index (χ3n) is 4.93. The Bertz CT molecular complexity index is 637. The van der Waals surface area contributed by atoms with Crippen LogP contribution in [0.2, 0.25) is 0 Å². The zero-order valence-corrected chi connectivity index (χ0v) is 15.2. The molecule has 1 aromatic rings. The van der Waals surface area contributed by atoms with E-state index in [9.17, 15) is 14.7 Å². The van der Waals surface area contributed by atoms with E-state index >= 15 is 0 Å². The molecule has 0 aromatic heterocycles. The van der Waals surface area contributed by atoms with Crippen LogP contribution in [0.25, 0.3) is 0 Å². The van der Waals surface area contributed by atoms with Crippen LogP contribution in [-0.4, -0.2) is 78.8 Å². The van der Waals surface area contributed by atoms with Crippen molar-refractivity contribution in [1.82, 2.24) is 15.1 Å². The monoisotopic (exact) mass is 361 g/mol. The summed E-state index contributed by atoms with van der Waals surface area (Å²) in [6.07, 6.45) is -1.00. The summed E-state index contributed by atoms with van der Waals surface area (Å²) in [4.78, 5) is 28.4. The SMILES string of the molecule is CC(O)C(=O)NCC1CN(C(=O)c2ccccc2CN2CCOCC2)C1. The van der Waals surface area contributed by atoms with Gasteiger partial charge in [0.15, 0.2) is 0 Å². The first kappa shape index (κ1) is 18.8. The lowest BCUT2D eigenvalue weighted by molar-refractivity contribution is -0.128. The van der Waals surface area contributed by atoms with E-state index in [4.69, 9.17) is 4.74 Å². The van der Waals surface area contributed by atoms with Gasteiger partial charge in [-0.1, -0.05) is 18.2 Å². The summed E-state index contributed by atoms with van der Waals surface area (Å²) in [6.45, 7) is 7.20. The predicted octanol–water partition coefficient (Wildman–Crippen LogP) is 0.0878. The molecule has 7 heteroatoms. The van der Waals surface area contributed by atoms with Crippen molar-refractivity contribution < 1.29 is 19.4 Å². The molecule has 142 valence electrons.